The first kappa shape index (κ1) is 14.9. The third kappa shape index (κ3) is 2.56. The van der Waals surface area contributed by atoms with Crippen LogP contribution in [0.4, 0.5) is 0 Å². The van der Waals surface area contributed by atoms with Crippen LogP contribution in [0.5, 0.6) is 0 Å². The van der Waals surface area contributed by atoms with E-state index in [4.69, 9.17) is 0 Å². The van der Waals surface area contributed by atoms with Crippen LogP contribution < -0.4 is 5.32 Å². The fourth-order valence-electron chi connectivity index (χ4n) is 3.32. The second kappa shape index (κ2) is 5.76. The van der Waals surface area contributed by atoms with Crippen LogP contribution in [0.15, 0.2) is 36.7 Å². The number of nitrogens with one attached hydrogen (secondary N) is 2. The second-order valence-electron chi connectivity index (χ2n) is 6.40. The maximum atomic E-state index is 12.8. The summed E-state index contributed by atoms with van der Waals surface area (Å²) in [6.07, 6.45) is 4.75. The average molecular weight is 325 g/mol. The zero-order valence-corrected chi connectivity index (χ0v) is 13.3. The number of aliphatic hydroxyl groups excluding tert-OH is 1. The predicted molar refractivity (Wildman–Crippen MR) is 88.2 cm³/mol. The molecule has 2 aromatic heterocycles. The molecule has 1 aliphatic carbocycles. The van der Waals surface area contributed by atoms with E-state index in [-0.39, 0.29) is 24.0 Å². The van der Waals surface area contributed by atoms with Gasteiger partial charge in [0.2, 0.25) is 0 Å². The molecule has 2 heterocycles. The second-order valence-corrected chi connectivity index (χ2v) is 6.40. The predicted octanol–water partition coefficient (Wildman–Crippen LogP) is 1.54. The van der Waals surface area contributed by atoms with Gasteiger partial charge < -0.3 is 10.4 Å². The van der Waals surface area contributed by atoms with E-state index in [0.717, 1.165) is 16.5 Å². The molecule has 1 atom stereocenters. The minimum Gasteiger partial charge on any atom is -0.393 e. The molecule has 124 valence electrons. The number of carbonyl (C=O) groups excluding carboxylic acids is 1. The highest BCUT2D eigenvalue weighted by Crippen LogP contribution is 2.38. The van der Waals surface area contributed by atoms with Crippen molar-refractivity contribution in [1.82, 2.24) is 25.3 Å². The first-order valence-corrected chi connectivity index (χ1v) is 8.02. The number of aromatic nitrogens is 4. The van der Waals surface area contributed by atoms with Gasteiger partial charge in [-0.2, -0.15) is 10.2 Å². The van der Waals surface area contributed by atoms with Gasteiger partial charge >= 0.3 is 0 Å². The summed E-state index contributed by atoms with van der Waals surface area (Å²) >= 11 is 0. The Labute approximate surface area is 138 Å². The zero-order chi connectivity index (χ0) is 16.7. The molecule has 7 nitrogen and oxygen atoms in total. The van der Waals surface area contributed by atoms with Crippen LogP contribution in [0.1, 0.15) is 34.9 Å². The van der Waals surface area contributed by atoms with Gasteiger partial charge in [0.15, 0.2) is 5.69 Å². The Morgan fingerprint density at radius 3 is 2.92 bits per heavy atom. The third-order valence-corrected chi connectivity index (χ3v) is 4.68. The van der Waals surface area contributed by atoms with Crippen LogP contribution >= 0.6 is 0 Å². The van der Waals surface area contributed by atoms with Crippen LogP contribution in [-0.4, -0.2) is 37.1 Å². The Bertz CT molecular complexity index is 878. The number of aromatic amines is 1. The van der Waals surface area contributed by atoms with Crippen LogP contribution in [0.3, 0.4) is 0 Å². The van der Waals surface area contributed by atoms with E-state index in [1.807, 2.05) is 37.5 Å². The van der Waals surface area contributed by atoms with E-state index in [1.54, 1.807) is 10.9 Å². The van der Waals surface area contributed by atoms with E-state index in [0.29, 0.717) is 18.5 Å². The Balaban J connectivity index is 1.61. The maximum absolute atomic E-state index is 12.8. The van der Waals surface area contributed by atoms with E-state index >= 15 is 0 Å². The van der Waals surface area contributed by atoms with Crippen molar-refractivity contribution in [1.29, 1.82) is 0 Å². The molecule has 0 bridgehead atoms. The molecule has 3 N–H and O–H groups in total. The van der Waals surface area contributed by atoms with E-state index in [1.165, 1.54) is 0 Å². The van der Waals surface area contributed by atoms with Gasteiger partial charge in [-0.3, -0.25) is 14.6 Å². The number of para-hydroxylation sites is 1. The molecule has 0 saturated heterocycles. The van der Waals surface area contributed by atoms with Crippen molar-refractivity contribution in [3.63, 3.8) is 0 Å². The molecule has 0 aliphatic heterocycles. The third-order valence-electron chi connectivity index (χ3n) is 4.68. The van der Waals surface area contributed by atoms with Crippen molar-refractivity contribution in [2.45, 2.75) is 25.0 Å². The number of aryl methyl sites for hydroxylation is 1. The normalized spacial score (nSPS) is 21.4. The fourth-order valence-corrected chi connectivity index (χ4v) is 3.32. The summed E-state index contributed by atoms with van der Waals surface area (Å²) in [5.74, 6) is -0.0129. The van der Waals surface area contributed by atoms with Gasteiger partial charge in [-0.15, -0.1) is 0 Å². The van der Waals surface area contributed by atoms with Crippen LogP contribution in [0, 0.1) is 5.92 Å². The molecule has 24 heavy (non-hydrogen) atoms. The largest absolute Gasteiger partial charge is 0.393 e. The summed E-state index contributed by atoms with van der Waals surface area (Å²) in [4.78, 5) is 12.8. The van der Waals surface area contributed by atoms with Crippen LogP contribution in [0.2, 0.25) is 0 Å². The molecule has 1 saturated carbocycles. The molecule has 0 unspecified atom stereocenters. The van der Waals surface area contributed by atoms with Gasteiger partial charge in [0.25, 0.3) is 5.91 Å². The Kier molecular flexibility index (Phi) is 3.57. The van der Waals surface area contributed by atoms with Crippen molar-refractivity contribution >= 4 is 16.8 Å². The standard InChI is InChI=1S/C17H19N5O2/c1-22-9-11(8-18-22)15(10-6-12(23)7-10)19-17(24)16-13-4-2-3-5-14(13)20-21-16/h2-5,8-10,12,15,23H,6-7H2,1H3,(H,19,24)(H,20,21)/t10?,12?,15-/m0/s1. The lowest BCUT2D eigenvalue weighted by Crippen LogP contribution is -2.41. The lowest BCUT2D eigenvalue weighted by molar-refractivity contribution is 0.0235. The molecule has 7 heteroatoms. The summed E-state index contributed by atoms with van der Waals surface area (Å²) in [7, 11) is 1.85. The maximum Gasteiger partial charge on any atom is 0.272 e. The number of carbonyl (C=O) groups is 1. The Hall–Kier alpha value is -2.67. The van der Waals surface area contributed by atoms with Crippen molar-refractivity contribution in [3.05, 3.63) is 47.9 Å². The SMILES string of the molecule is Cn1cc([C@@H](NC(=O)c2n[nH]c3ccccc23)C2CC(O)C2)cn1. The number of fused-ring (bicyclic) bond motifs is 1. The van der Waals surface area contributed by atoms with Crippen molar-refractivity contribution in [3.8, 4) is 0 Å². The first-order chi connectivity index (χ1) is 11.6. The molecular formula is C17H19N5O2. The minimum absolute atomic E-state index is 0.176. The highest BCUT2D eigenvalue weighted by molar-refractivity contribution is 6.04. The number of hydrogen-bond donors (Lipinski definition) is 3. The molecule has 1 amide bonds. The molecule has 1 fully saturated rings. The minimum atomic E-state index is -0.280. The molecule has 1 aliphatic rings. The topological polar surface area (TPSA) is 95.8 Å². The molecule has 4 rings (SSSR count). The Morgan fingerprint density at radius 2 is 2.21 bits per heavy atom. The molecular weight excluding hydrogens is 306 g/mol. The smallest absolute Gasteiger partial charge is 0.272 e. The highest BCUT2D eigenvalue weighted by Gasteiger charge is 2.36. The van der Waals surface area contributed by atoms with Gasteiger partial charge in [0.05, 0.1) is 23.9 Å². The van der Waals surface area contributed by atoms with Gasteiger partial charge in [0.1, 0.15) is 0 Å². The summed E-state index contributed by atoms with van der Waals surface area (Å²) < 4.78 is 1.72. The van der Waals surface area contributed by atoms with Crippen molar-refractivity contribution < 1.29 is 9.90 Å². The average Bonchev–Trinajstić information content (AvgIpc) is 3.16. The lowest BCUT2D eigenvalue weighted by atomic mass is 9.75. The van der Waals surface area contributed by atoms with Gasteiger partial charge in [-0.05, 0) is 24.8 Å². The monoisotopic (exact) mass is 325 g/mol. The molecule has 3 aromatic rings. The number of hydrogen-bond acceptors (Lipinski definition) is 4. The molecule has 1 aromatic carbocycles. The van der Waals surface area contributed by atoms with Gasteiger partial charge in [-0.1, -0.05) is 18.2 Å². The summed E-state index contributed by atoms with van der Waals surface area (Å²) in [6.45, 7) is 0. The lowest BCUT2D eigenvalue weighted by Gasteiger charge is -2.37. The van der Waals surface area contributed by atoms with Crippen LogP contribution in [-0.2, 0) is 7.05 Å². The molecule has 0 spiro atoms. The van der Waals surface area contributed by atoms with Crippen molar-refractivity contribution in [2.75, 3.05) is 0 Å². The van der Waals surface area contributed by atoms with Gasteiger partial charge in [0, 0.05) is 24.2 Å². The number of nitrogens with zero attached hydrogens (tertiary/aromatic N) is 3. The first-order valence-electron chi connectivity index (χ1n) is 8.02. The van der Waals surface area contributed by atoms with Crippen LogP contribution in [0.25, 0.3) is 10.9 Å². The number of aliphatic hydroxyl groups is 1. The van der Waals surface area contributed by atoms with Gasteiger partial charge in [-0.25, -0.2) is 0 Å². The number of rotatable bonds is 4. The molecule has 0 radical (unpaired) electrons. The summed E-state index contributed by atoms with van der Waals surface area (Å²) in [5, 5.41) is 24.7. The quantitative estimate of drug-likeness (QED) is 0.678. The Morgan fingerprint density at radius 1 is 1.42 bits per heavy atom. The van der Waals surface area contributed by atoms with E-state index in [2.05, 4.69) is 20.6 Å². The van der Waals surface area contributed by atoms with E-state index < -0.39 is 0 Å². The summed E-state index contributed by atoms with van der Waals surface area (Å²) in [6, 6.07) is 7.37. The fraction of sp³-hybridized carbons (Fsp3) is 0.353. The zero-order valence-electron chi connectivity index (χ0n) is 13.3. The number of benzene rings is 1. The highest BCUT2D eigenvalue weighted by atomic mass is 16.3. The number of amides is 1. The number of H-pyrrole nitrogens is 1. The van der Waals surface area contributed by atoms with E-state index in [9.17, 15) is 9.90 Å². The van der Waals surface area contributed by atoms with Crippen molar-refractivity contribution in [2.24, 2.45) is 13.0 Å². The summed E-state index contributed by atoms with van der Waals surface area (Å²) in [5.41, 5.74) is 2.17.